The fourth-order valence-electron chi connectivity index (χ4n) is 2.52. The Morgan fingerprint density at radius 1 is 1.05 bits per heavy atom. The minimum absolute atomic E-state index is 0.103. The van der Waals surface area contributed by atoms with Gasteiger partial charge in [-0.15, -0.1) is 0 Å². The molecule has 2 aromatic rings. The van der Waals surface area contributed by atoms with E-state index < -0.39 is 0 Å². The number of halogens is 2. The molecule has 0 heterocycles. The summed E-state index contributed by atoms with van der Waals surface area (Å²) in [7, 11) is 0. The van der Waals surface area contributed by atoms with Crippen LogP contribution in [0.5, 0.6) is 0 Å². The van der Waals surface area contributed by atoms with Crippen LogP contribution in [0.4, 0.5) is 0 Å². The van der Waals surface area contributed by atoms with Crippen LogP contribution in [0.15, 0.2) is 48.5 Å². The minimum Gasteiger partial charge on any atom is -0.329 e. The van der Waals surface area contributed by atoms with Crippen molar-refractivity contribution in [3.63, 3.8) is 0 Å². The summed E-state index contributed by atoms with van der Waals surface area (Å²) in [6.07, 6.45) is 0. The second-order valence-electron chi connectivity index (χ2n) is 5.00. The maximum absolute atomic E-state index is 6.12. The zero-order valence-electron chi connectivity index (χ0n) is 12.1. The Morgan fingerprint density at radius 3 is 2.19 bits per heavy atom. The molecule has 0 saturated heterocycles. The van der Waals surface area contributed by atoms with Gasteiger partial charge in [0.1, 0.15) is 0 Å². The summed E-state index contributed by atoms with van der Waals surface area (Å²) in [4.78, 5) is 2.33. The highest BCUT2D eigenvalue weighted by Crippen LogP contribution is 2.27. The predicted octanol–water partition coefficient (Wildman–Crippen LogP) is 4.52. The summed E-state index contributed by atoms with van der Waals surface area (Å²) in [5, 5.41) is 1.29. The van der Waals surface area contributed by atoms with E-state index in [0.29, 0.717) is 16.6 Å². The van der Waals surface area contributed by atoms with Gasteiger partial charge in [0, 0.05) is 29.2 Å². The SMILES string of the molecule is CCN(Cc1ccccc1)C(CN)c1cc(Cl)cc(Cl)c1. The van der Waals surface area contributed by atoms with Crippen LogP contribution in [0, 0.1) is 0 Å². The quantitative estimate of drug-likeness (QED) is 0.847. The molecule has 112 valence electrons. The first-order valence-corrected chi connectivity index (χ1v) is 7.83. The molecule has 0 fully saturated rings. The lowest BCUT2D eigenvalue weighted by Gasteiger charge is -2.30. The number of hydrogen-bond acceptors (Lipinski definition) is 2. The zero-order chi connectivity index (χ0) is 15.2. The highest BCUT2D eigenvalue weighted by Gasteiger charge is 2.18. The molecule has 4 heteroatoms. The number of hydrogen-bond donors (Lipinski definition) is 1. The fourth-order valence-corrected chi connectivity index (χ4v) is 3.07. The van der Waals surface area contributed by atoms with Crippen molar-refractivity contribution in [2.45, 2.75) is 19.5 Å². The smallest absolute Gasteiger partial charge is 0.0474 e. The van der Waals surface area contributed by atoms with Crippen molar-refractivity contribution in [2.24, 2.45) is 5.73 Å². The molecule has 0 aliphatic rings. The minimum atomic E-state index is 0.103. The van der Waals surface area contributed by atoms with Gasteiger partial charge in [0.15, 0.2) is 0 Å². The first-order valence-electron chi connectivity index (χ1n) is 7.08. The summed E-state index contributed by atoms with van der Waals surface area (Å²) < 4.78 is 0. The van der Waals surface area contributed by atoms with Crippen LogP contribution in [0.25, 0.3) is 0 Å². The lowest BCUT2D eigenvalue weighted by Crippen LogP contribution is -2.33. The Labute approximate surface area is 136 Å². The van der Waals surface area contributed by atoms with E-state index in [2.05, 4.69) is 36.1 Å². The molecule has 2 rings (SSSR count). The third-order valence-electron chi connectivity index (χ3n) is 3.57. The van der Waals surface area contributed by atoms with Crippen molar-refractivity contribution in [1.29, 1.82) is 0 Å². The number of benzene rings is 2. The molecule has 1 atom stereocenters. The molecule has 1 unspecified atom stereocenters. The number of likely N-dealkylation sites (N-methyl/N-ethyl adjacent to an activating group) is 1. The van der Waals surface area contributed by atoms with Crippen LogP contribution in [0.2, 0.25) is 10.0 Å². The predicted molar refractivity (Wildman–Crippen MR) is 90.8 cm³/mol. The van der Waals surface area contributed by atoms with Crippen molar-refractivity contribution < 1.29 is 0 Å². The third-order valence-corrected chi connectivity index (χ3v) is 4.00. The molecule has 2 nitrogen and oxygen atoms in total. The number of nitrogens with zero attached hydrogens (tertiary/aromatic N) is 1. The molecule has 2 aromatic carbocycles. The Bertz CT molecular complexity index is 552. The topological polar surface area (TPSA) is 29.3 Å². The summed E-state index contributed by atoms with van der Waals surface area (Å²) in [5.74, 6) is 0. The molecule has 0 aliphatic heterocycles. The first kappa shape index (κ1) is 16.3. The van der Waals surface area contributed by atoms with Gasteiger partial charge in [-0.3, -0.25) is 4.90 Å². The third kappa shape index (κ3) is 4.45. The second-order valence-corrected chi connectivity index (χ2v) is 5.88. The van der Waals surface area contributed by atoms with Gasteiger partial charge < -0.3 is 5.73 Å². The molecule has 0 bridgehead atoms. The van der Waals surface area contributed by atoms with Crippen molar-refractivity contribution in [1.82, 2.24) is 4.90 Å². The summed E-state index contributed by atoms with van der Waals surface area (Å²) >= 11 is 12.2. The van der Waals surface area contributed by atoms with Crippen LogP contribution in [-0.2, 0) is 6.54 Å². The van der Waals surface area contributed by atoms with Crippen molar-refractivity contribution in [3.8, 4) is 0 Å². The maximum Gasteiger partial charge on any atom is 0.0474 e. The Balaban J connectivity index is 2.24. The second kappa shape index (κ2) is 7.81. The molecule has 0 saturated carbocycles. The Hall–Kier alpha value is -1.06. The molecule has 0 aromatic heterocycles. The van der Waals surface area contributed by atoms with E-state index in [0.717, 1.165) is 18.7 Å². The molecule has 2 N–H and O–H groups in total. The molecular formula is C17H20Cl2N2. The monoisotopic (exact) mass is 322 g/mol. The van der Waals surface area contributed by atoms with E-state index in [-0.39, 0.29) is 6.04 Å². The van der Waals surface area contributed by atoms with Crippen molar-refractivity contribution in [3.05, 3.63) is 69.7 Å². The Kier molecular flexibility index (Phi) is 6.07. The highest BCUT2D eigenvalue weighted by molar-refractivity contribution is 6.34. The van der Waals surface area contributed by atoms with Crippen LogP contribution < -0.4 is 5.73 Å². The fraction of sp³-hybridized carbons (Fsp3) is 0.294. The average molecular weight is 323 g/mol. The van der Waals surface area contributed by atoms with E-state index in [1.54, 1.807) is 6.07 Å². The van der Waals surface area contributed by atoms with Gasteiger partial charge in [0.05, 0.1) is 0 Å². The van der Waals surface area contributed by atoms with Crippen LogP contribution in [-0.4, -0.2) is 18.0 Å². The van der Waals surface area contributed by atoms with E-state index in [1.807, 2.05) is 18.2 Å². The van der Waals surface area contributed by atoms with Crippen molar-refractivity contribution in [2.75, 3.05) is 13.1 Å². The van der Waals surface area contributed by atoms with Crippen LogP contribution >= 0.6 is 23.2 Å². The van der Waals surface area contributed by atoms with Crippen molar-refractivity contribution >= 4 is 23.2 Å². The van der Waals surface area contributed by atoms with Gasteiger partial charge in [-0.25, -0.2) is 0 Å². The molecule has 0 spiro atoms. The average Bonchev–Trinajstić information content (AvgIpc) is 2.47. The van der Waals surface area contributed by atoms with E-state index in [1.165, 1.54) is 5.56 Å². The lowest BCUT2D eigenvalue weighted by molar-refractivity contribution is 0.203. The van der Waals surface area contributed by atoms with Gasteiger partial charge in [0.25, 0.3) is 0 Å². The molecular weight excluding hydrogens is 303 g/mol. The van der Waals surface area contributed by atoms with Gasteiger partial charge in [-0.1, -0.05) is 60.5 Å². The van der Waals surface area contributed by atoms with Gasteiger partial charge >= 0.3 is 0 Å². The van der Waals surface area contributed by atoms with E-state index >= 15 is 0 Å². The molecule has 0 radical (unpaired) electrons. The van der Waals surface area contributed by atoms with E-state index in [4.69, 9.17) is 28.9 Å². The lowest BCUT2D eigenvalue weighted by atomic mass is 10.0. The highest BCUT2D eigenvalue weighted by atomic mass is 35.5. The summed E-state index contributed by atoms with van der Waals surface area (Å²) in [6, 6.07) is 16.1. The summed E-state index contributed by atoms with van der Waals surface area (Å²) in [6.45, 7) is 4.42. The van der Waals surface area contributed by atoms with Crippen LogP contribution in [0.3, 0.4) is 0 Å². The largest absolute Gasteiger partial charge is 0.329 e. The summed E-state index contributed by atoms with van der Waals surface area (Å²) in [5.41, 5.74) is 8.34. The van der Waals surface area contributed by atoms with E-state index in [9.17, 15) is 0 Å². The first-order chi connectivity index (χ1) is 10.1. The van der Waals surface area contributed by atoms with Gasteiger partial charge in [-0.05, 0) is 35.9 Å². The number of nitrogens with two attached hydrogens (primary N) is 1. The van der Waals surface area contributed by atoms with Gasteiger partial charge in [-0.2, -0.15) is 0 Å². The van der Waals surface area contributed by atoms with Crippen LogP contribution in [0.1, 0.15) is 24.1 Å². The molecule has 0 amide bonds. The molecule has 21 heavy (non-hydrogen) atoms. The molecule has 0 aliphatic carbocycles. The van der Waals surface area contributed by atoms with Gasteiger partial charge in [0.2, 0.25) is 0 Å². The number of rotatable bonds is 6. The maximum atomic E-state index is 6.12. The normalized spacial score (nSPS) is 12.6. The standard InChI is InChI=1S/C17H20Cl2N2/c1-2-21(12-13-6-4-3-5-7-13)17(11-20)14-8-15(18)10-16(19)9-14/h3-10,17H,2,11-12,20H2,1H3. The Morgan fingerprint density at radius 2 is 1.67 bits per heavy atom. The zero-order valence-corrected chi connectivity index (χ0v) is 13.6.